The molecule has 0 fully saturated rings. The summed E-state index contributed by atoms with van der Waals surface area (Å²) < 4.78 is 0. The number of rotatable bonds is 7. The second-order valence-corrected chi connectivity index (χ2v) is 5.06. The number of para-hydroxylation sites is 2. The van der Waals surface area contributed by atoms with Crippen molar-refractivity contribution in [2.75, 3.05) is 5.32 Å². The van der Waals surface area contributed by atoms with Crippen LogP contribution in [0.15, 0.2) is 60.7 Å². The Hall–Kier alpha value is -2.29. The number of carbonyl (C=O) groups is 1. The quantitative estimate of drug-likeness (QED) is 0.666. The fourth-order valence-electron chi connectivity index (χ4n) is 1.91. The van der Waals surface area contributed by atoms with E-state index in [1.165, 1.54) is 6.42 Å². The van der Waals surface area contributed by atoms with Gasteiger partial charge in [-0.25, -0.2) is 0 Å². The highest BCUT2D eigenvalue weighted by atomic mass is 16.4. The van der Waals surface area contributed by atoms with E-state index < -0.39 is 5.97 Å². The summed E-state index contributed by atoms with van der Waals surface area (Å²) in [4.78, 5) is 9.96. The number of hydrogen-bond donors (Lipinski definition) is 2. The molecule has 0 aliphatic carbocycles. The minimum atomic E-state index is -0.675. The van der Waals surface area contributed by atoms with Crippen molar-refractivity contribution in [2.45, 2.75) is 39.0 Å². The molecule has 0 unspecified atom stereocenters. The van der Waals surface area contributed by atoms with E-state index in [9.17, 15) is 4.79 Å². The molecule has 118 valence electrons. The van der Waals surface area contributed by atoms with Crippen LogP contribution in [0.5, 0.6) is 0 Å². The summed E-state index contributed by atoms with van der Waals surface area (Å²) in [5.74, 6) is -0.675. The third kappa shape index (κ3) is 8.80. The van der Waals surface area contributed by atoms with E-state index >= 15 is 0 Å². The molecule has 2 N–H and O–H groups in total. The number of carboxylic acids is 1. The van der Waals surface area contributed by atoms with Crippen LogP contribution in [0.1, 0.15) is 39.0 Å². The molecule has 3 heteroatoms. The van der Waals surface area contributed by atoms with E-state index in [2.05, 4.69) is 12.2 Å². The van der Waals surface area contributed by atoms with E-state index in [0.29, 0.717) is 6.42 Å². The molecule has 2 aromatic rings. The van der Waals surface area contributed by atoms with Gasteiger partial charge in [-0.1, -0.05) is 62.6 Å². The lowest BCUT2D eigenvalue weighted by atomic mass is 10.2. The van der Waals surface area contributed by atoms with Crippen LogP contribution in [-0.4, -0.2) is 11.1 Å². The number of carboxylic acid groups (broad SMARTS) is 1. The maximum atomic E-state index is 9.96. The van der Waals surface area contributed by atoms with Gasteiger partial charge in [0.1, 0.15) is 0 Å². The zero-order valence-corrected chi connectivity index (χ0v) is 13.2. The summed E-state index contributed by atoms with van der Waals surface area (Å²) in [5, 5.41) is 11.5. The Morgan fingerprint density at radius 2 is 1.36 bits per heavy atom. The van der Waals surface area contributed by atoms with Crippen LogP contribution in [-0.2, 0) is 4.79 Å². The van der Waals surface area contributed by atoms with E-state index in [0.717, 1.165) is 30.6 Å². The highest BCUT2D eigenvalue weighted by molar-refractivity contribution is 5.66. The maximum absolute atomic E-state index is 9.96. The molecule has 0 spiro atoms. The second kappa shape index (κ2) is 11.4. The molecule has 3 nitrogen and oxygen atoms in total. The fraction of sp³-hybridized carbons (Fsp3) is 0.316. The SMILES string of the molecule is CCCCCCC(=O)O.c1ccc(Nc2ccccc2)cc1. The lowest BCUT2D eigenvalue weighted by Gasteiger charge is -2.04. The van der Waals surface area contributed by atoms with Gasteiger partial charge < -0.3 is 10.4 Å². The number of anilines is 2. The van der Waals surface area contributed by atoms with Crippen molar-refractivity contribution in [2.24, 2.45) is 0 Å². The molecule has 0 saturated carbocycles. The Kier molecular flexibility index (Phi) is 9.19. The smallest absolute Gasteiger partial charge is 0.303 e. The first kappa shape index (κ1) is 17.8. The van der Waals surface area contributed by atoms with Crippen LogP contribution in [0.25, 0.3) is 0 Å². The number of unbranched alkanes of at least 4 members (excludes halogenated alkanes) is 3. The number of aliphatic carboxylic acids is 1. The molecule has 0 saturated heterocycles. The molecule has 2 aromatic carbocycles. The molecule has 2 rings (SSSR count). The first-order valence-corrected chi connectivity index (χ1v) is 7.81. The summed E-state index contributed by atoms with van der Waals surface area (Å²) >= 11 is 0. The lowest BCUT2D eigenvalue weighted by Crippen LogP contribution is -1.92. The van der Waals surface area contributed by atoms with Crippen molar-refractivity contribution in [3.63, 3.8) is 0 Å². The molecular formula is C19H25NO2. The topological polar surface area (TPSA) is 49.3 Å². The van der Waals surface area contributed by atoms with Gasteiger partial charge >= 0.3 is 5.97 Å². The summed E-state index contributed by atoms with van der Waals surface area (Å²) in [6, 6.07) is 20.3. The summed E-state index contributed by atoms with van der Waals surface area (Å²) in [6.45, 7) is 2.11. The number of benzene rings is 2. The van der Waals surface area contributed by atoms with Gasteiger partial charge in [-0.15, -0.1) is 0 Å². The van der Waals surface area contributed by atoms with Crippen LogP contribution in [0.2, 0.25) is 0 Å². The van der Waals surface area contributed by atoms with Crippen LogP contribution >= 0.6 is 0 Å². The molecule has 0 aliphatic rings. The minimum Gasteiger partial charge on any atom is -0.481 e. The predicted molar refractivity (Wildman–Crippen MR) is 92.6 cm³/mol. The normalized spacial score (nSPS) is 9.50. The van der Waals surface area contributed by atoms with Crippen molar-refractivity contribution in [1.29, 1.82) is 0 Å². The van der Waals surface area contributed by atoms with Crippen LogP contribution in [0.4, 0.5) is 11.4 Å². The minimum absolute atomic E-state index is 0.333. The maximum Gasteiger partial charge on any atom is 0.303 e. The summed E-state index contributed by atoms with van der Waals surface area (Å²) in [6.07, 6.45) is 4.55. The average molecular weight is 299 g/mol. The van der Waals surface area contributed by atoms with Crippen molar-refractivity contribution >= 4 is 17.3 Å². The third-order valence-corrected chi connectivity index (χ3v) is 3.08. The van der Waals surface area contributed by atoms with Crippen molar-refractivity contribution in [3.05, 3.63) is 60.7 Å². The second-order valence-electron chi connectivity index (χ2n) is 5.06. The third-order valence-electron chi connectivity index (χ3n) is 3.08. The van der Waals surface area contributed by atoms with Crippen molar-refractivity contribution in [3.8, 4) is 0 Å². The molecule has 0 atom stereocenters. The first-order chi connectivity index (χ1) is 10.7. The van der Waals surface area contributed by atoms with Crippen LogP contribution in [0.3, 0.4) is 0 Å². The Bertz CT molecular complexity index is 474. The van der Waals surface area contributed by atoms with Crippen molar-refractivity contribution < 1.29 is 9.90 Å². The number of hydrogen-bond acceptors (Lipinski definition) is 2. The largest absolute Gasteiger partial charge is 0.481 e. The van der Waals surface area contributed by atoms with E-state index in [4.69, 9.17) is 5.11 Å². The zero-order chi connectivity index (χ0) is 16.0. The molecule has 0 bridgehead atoms. The number of nitrogens with one attached hydrogen (secondary N) is 1. The summed E-state index contributed by atoms with van der Waals surface area (Å²) in [5.41, 5.74) is 2.24. The highest BCUT2D eigenvalue weighted by Gasteiger charge is 1.94. The molecule has 0 radical (unpaired) electrons. The van der Waals surface area contributed by atoms with Gasteiger partial charge in [0.2, 0.25) is 0 Å². The summed E-state index contributed by atoms with van der Waals surface area (Å²) in [7, 11) is 0. The Labute approximate surface area is 133 Å². The van der Waals surface area contributed by atoms with Crippen LogP contribution in [0, 0.1) is 0 Å². The molecule has 22 heavy (non-hydrogen) atoms. The molecule has 0 aromatic heterocycles. The molecule has 0 heterocycles. The predicted octanol–water partition coefficient (Wildman–Crippen LogP) is 5.47. The van der Waals surface area contributed by atoms with Crippen molar-refractivity contribution in [1.82, 2.24) is 0 Å². The standard InChI is InChI=1S/C12H11N.C7H14O2/c1-3-7-11(8-4-1)13-12-9-5-2-6-10-12;1-2-3-4-5-6-7(8)9/h1-10,13H;2-6H2,1H3,(H,8,9). The Morgan fingerprint density at radius 1 is 0.864 bits per heavy atom. The van der Waals surface area contributed by atoms with Gasteiger partial charge in [-0.3, -0.25) is 4.79 Å². The molecule has 0 aliphatic heterocycles. The van der Waals surface area contributed by atoms with Gasteiger partial charge in [0.05, 0.1) is 0 Å². The Morgan fingerprint density at radius 3 is 1.77 bits per heavy atom. The Balaban J connectivity index is 0.000000239. The van der Waals surface area contributed by atoms with Gasteiger partial charge in [0, 0.05) is 17.8 Å². The van der Waals surface area contributed by atoms with Gasteiger partial charge in [0.25, 0.3) is 0 Å². The lowest BCUT2D eigenvalue weighted by molar-refractivity contribution is -0.137. The van der Waals surface area contributed by atoms with E-state index in [-0.39, 0.29) is 0 Å². The zero-order valence-electron chi connectivity index (χ0n) is 13.2. The average Bonchev–Trinajstić information content (AvgIpc) is 2.54. The van der Waals surface area contributed by atoms with Gasteiger partial charge in [-0.05, 0) is 30.7 Å². The first-order valence-electron chi connectivity index (χ1n) is 7.81. The van der Waals surface area contributed by atoms with Gasteiger partial charge in [-0.2, -0.15) is 0 Å². The monoisotopic (exact) mass is 299 g/mol. The van der Waals surface area contributed by atoms with E-state index in [1.54, 1.807) is 0 Å². The highest BCUT2D eigenvalue weighted by Crippen LogP contribution is 2.14. The van der Waals surface area contributed by atoms with Crippen LogP contribution < -0.4 is 5.32 Å². The van der Waals surface area contributed by atoms with Gasteiger partial charge in [0.15, 0.2) is 0 Å². The molecular weight excluding hydrogens is 274 g/mol. The fourth-order valence-corrected chi connectivity index (χ4v) is 1.91. The molecule has 0 amide bonds. The van der Waals surface area contributed by atoms with E-state index in [1.807, 2.05) is 60.7 Å².